The fourth-order valence-corrected chi connectivity index (χ4v) is 3.03. The molecule has 1 saturated carbocycles. The van der Waals surface area contributed by atoms with Crippen molar-refractivity contribution in [2.45, 2.75) is 39.2 Å². The molecule has 0 spiro atoms. The predicted molar refractivity (Wildman–Crippen MR) is 72.0 cm³/mol. The lowest BCUT2D eigenvalue weighted by atomic mass is 9.92. The van der Waals surface area contributed by atoms with Crippen molar-refractivity contribution in [2.75, 3.05) is 5.32 Å². The lowest BCUT2D eigenvalue weighted by Gasteiger charge is -2.18. The average molecular weight is 304 g/mol. The maximum Gasteiger partial charge on any atom is 0.140 e. The van der Waals surface area contributed by atoms with Crippen LogP contribution in [0.4, 0.5) is 5.82 Å². The highest BCUT2D eigenvalue weighted by Gasteiger charge is 2.31. The van der Waals surface area contributed by atoms with Crippen molar-refractivity contribution in [1.29, 1.82) is 0 Å². The van der Waals surface area contributed by atoms with Crippen molar-refractivity contribution in [3.63, 3.8) is 0 Å². The summed E-state index contributed by atoms with van der Waals surface area (Å²) in [6.45, 7) is 4.64. The third-order valence-corrected chi connectivity index (χ3v) is 3.93. The number of aromatic nitrogens is 1. The Bertz CT molecular complexity index is 393. The second-order valence-electron chi connectivity index (χ2n) is 5.23. The van der Waals surface area contributed by atoms with E-state index in [4.69, 9.17) is 11.6 Å². The maximum absolute atomic E-state index is 5.86. The molecule has 1 aromatic heterocycles. The van der Waals surface area contributed by atoms with Gasteiger partial charge >= 0.3 is 0 Å². The first kappa shape index (κ1) is 12.2. The summed E-state index contributed by atoms with van der Waals surface area (Å²) in [5.74, 6) is 0.895. The normalized spacial score (nSPS) is 23.4. The van der Waals surface area contributed by atoms with Crippen LogP contribution >= 0.6 is 27.5 Å². The van der Waals surface area contributed by atoms with E-state index < -0.39 is 0 Å². The molecule has 1 unspecified atom stereocenters. The molecule has 1 aliphatic carbocycles. The highest BCUT2D eigenvalue weighted by atomic mass is 79.9. The summed E-state index contributed by atoms with van der Waals surface area (Å²) in [6, 6.07) is 2.40. The molecule has 2 nitrogen and oxygen atoms in total. The molecule has 1 heterocycles. The van der Waals surface area contributed by atoms with Gasteiger partial charge in [0.05, 0.1) is 9.50 Å². The molecule has 1 fully saturated rings. The summed E-state index contributed by atoms with van der Waals surface area (Å²) in [7, 11) is 0. The van der Waals surface area contributed by atoms with Crippen molar-refractivity contribution >= 4 is 33.3 Å². The summed E-state index contributed by atoms with van der Waals surface area (Å²) < 4.78 is 0.935. The lowest BCUT2D eigenvalue weighted by Crippen LogP contribution is -2.18. The standard InChI is InChI=1S/C12H16BrClN2/c1-12(2)4-3-9(6-12)16-11-10(13)5-8(14)7-15-11/h5,7,9H,3-4,6H2,1-2H3,(H,15,16). The first-order chi connectivity index (χ1) is 7.46. The van der Waals surface area contributed by atoms with E-state index in [1.165, 1.54) is 19.3 Å². The van der Waals surface area contributed by atoms with Gasteiger partial charge in [-0.2, -0.15) is 0 Å². The van der Waals surface area contributed by atoms with Crippen LogP contribution in [0.25, 0.3) is 0 Å². The minimum absolute atomic E-state index is 0.455. The molecule has 0 aliphatic heterocycles. The molecule has 2 rings (SSSR count). The summed E-state index contributed by atoms with van der Waals surface area (Å²) in [4.78, 5) is 4.30. The van der Waals surface area contributed by atoms with Crippen LogP contribution in [0.2, 0.25) is 5.02 Å². The first-order valence-electron chi connectivity index (χ1n) is 5.54. The Labute approximate surface area is 110 Å². The van der Waals surface area contributed by atoms with Gasteiger partial charge in [-0.05, 0) is 46.7 Å². The van der Waals surface area contributed by atoms with Gasteiger partial charge in [0, 0.05) is 12.2 Å². The van der Waals surface area contributed by atoms with Gasteiger partial charge in [0.15, 0.2) is 0 Å². The van der Waals surface area contributed by atoms with Gasteiger partial charge < -0.3 is 5.32 Å². The first-order valence-corrected chi connectivity index (χ1v) is 6.71. The van der Waals surface area contributed by atoms with E-state index in [1.807, 2.05) is 6.07 Å². The van der Waals surface area contributed by atoms with E-state index in [2.05, 4.69) is 40.1 Å². The number of rotatable bonds is 2. The Morgan fingerprint density at radius 2 is 2.31 bits per heavy atom. The van der Waals surface area contributed by atoms with Gasteiger partial charge in [-0.25, -0.2) is 4.98 Å². The zero-order chi connectivity index (χ0) is 11.8. The van der Waals surface area contributed by atoms with Crippen molar-refractivity contribution in [3.8, 4) is 0 Å². The maximum atomic E-state index is 5.86. The molecule has 1 atom stereocenters. The fourth-order valence-electron chi connectivity index (χ4n) is 2.27. The van der Waals surface area contributed by atoms with E-state index in [-0.39, 0.29) is 0 Å². The van der Waals surface area contributed by atoms with Gasteiger partial charge in [-0.3, -0.25) is 0 Å². The fraction of sp³-hybridized carbons (Fsp3) is 0.583. The Morgan fingerprint density at radius 3 is 2.88 bits per heavy atom. The molecule has 1 N–H and O–H groups in total. The minimum atomic E-state index is 0.455. The Hall–Kier alpha value is -0.280. The van der Waals surface area contributed by atoms with Crippen LogP contribution in [0.3, 0.4) is 0 Å². The summed E-state index contributed by atoms with van der Waals surface area (Å²) in [5.41, 5.74) is 0.455. The molecule has 88 valence electrons. The van der Waals surface area contributed by atoms with Gasteiger partial charge in [-0.1, -0.05) is 25.4 Å². The van der Waals surface area contributed by atoms with E-state index >= 15 is 0 Å². The number of hydrogen-bond acceptors (Lipinski definition) is 2. The van der Waals surface area contributed by atoms with Crippen molar-refractivity contribution in [1.82, 2.24) is 4.98 Å². The van der Waals surface area contributed by atoms with E-state index in [0.717, 1.165) is 10.3 Å². The zero-order valence-electron chi connectivity index (χ0n) is 9.56. The number of halogens is 2. The monoisotopic (exact) mass is 302 g/mol. The van der Waals surface area contributed by atoms with E-state index in [1.54, 1.807) is 6.20 Å². The van der Waals surface area contributed by atoms with Crippen LogP contribution in [0.15, 0.2) is 16.7 Å². The largest absolute Gasteiger partial charge is 0.366 e. The molecule has 0 bridgehead atoms. The Balaban J connectivity index is 2.05. The average Bonchev–Trinajstić information content (AvgIpc) is 2.51. The van der Waals surface area contributed by atoms with E-state index in [0.29, 0.717) is 16.5 Å². The van der Waals surface area contributed by atoms with E-state index in [9.17, 15) is 0 Å². The summed E-state index contributed by atoms with van der Waals surface area (Å²) in [5, 5.41) is 4.13. The van der Waals surface area contributed by atoms with Crippen molar-refractivity contribution < 1.29 is 0 Å². The van der Waals surface area contributed by atoms with Crippen molar-refractivity contribution in [2.24, 2.45) is 5.41 Å². The van der Waals surface area contributed by atoms with Crippen LogP contribution in [0, 0.1) is 5.41 Å². The smallest absolute Gasteiger partial charge is 0.140 e. The van der Waals surface area contributed by atoms with Crippen LogP contribution in [-0.4, -0.2) is 11.0 Å². The molecule has 1 aromatic rings. The third kappa shape index (κ3) is 2.89. The van der Waals surface area contributed by atoms with Crippen LogP contribution in [-0.2, 0) is 0 Å². The number of nitrogens with one attached hydrogen (secondary N) is 1. The number of anilines is 1. The molecular formula is C12H16BrClN2. The van der Waals surface area contributed by atoms with Crippen molar-refractivity contribution in [3.05, 3.63) is 21.8 Å². The second kappa shape index (κ2) is 4.53. The number of pyridine rings is 1. The number of nitrogens with zero attached hydrogens (tertiary/aromatic N) is 1. The molecule has 4 heteroatoms. The molecule has 0 radical (unpaired) electrons. The highest BCUT2D eigenvalue weighted by Crippen LogP contribution is 2.38. The molecule has 1 aliphatic rings. The Morgan fingerprint density at radius 1 is 1.56 bits per heavy atom. The van der Waals surface area contributed by atoms with Crippen LogP contribution in [0.5, 0.6) is 0 Å². The van der Waals surface area contributed by atoms with Gasteiger partial charge in [-0.15, -0.1) is 0 Å². The predicted octanol–water partition coefficient (Wildman–Crippen LogP) is 4.49. The second-order valence-corrected chi connectivity index (χ2v) is 6.52. The molecule has 16 heavy (non-hydrogen) atoms. The Kier molecular flexibility index (Phi) is 3.45. The quantitative estimate of drug-likeness (QED) is 0.871. The molecule has 0 aromatic carbocycles. The van der Waals surface area contributed by atoms with Gasteiger partial charge in [0.25, 0.3) is 0 Å². The minimum Gasteiger partial charge on any atom is -0.366 e. The third-order valence-electron chi connectivity index (χ3n) is 3.12. The van der Waals surface area contributed by atoms with Gasteiger partial charge in [0.2, 0.25) is 0 Å². The highest BCUT2D eigenvalue weighted by molar-refractivity contribution is 9.10. The molecular weight excluding hydrogens is 288 g/mol. The number of hydrogen-bond donors (Lipinski definition) is 1. The molecule has 0 saturated heterocycles. The molecule has 0 amide bonds. The van der Waals surface area contributed by atoms with Crippen LogP contribution < -0.4 is 5.32 Å². The SMILES string of the molecule is CC1(C)CCC(Nc2ncc(Cl)cc2Br)C1. The lowest BCUT2D eigenvalue weighted by molar-refractivity contribution is 0.378. The topological polar surface area (TPSA) is 24.9 Å². The zero-order valence-corrected chi connectivity index (χ0v) is 11.9. The summed E-state index contributed by atoms with van der Waals surface area (Å²) >= 11 is 9.33. The van der Waals surface area contributed by atoms with Crippen LogP contribution in [0.1, 0.15) is 33.1 Å². The summed E-state index contributed by atoms with van der Waals surface area (Å²) in [6.07, 6.45) is 5.36. The van der Waals surface area contributed by atoms with Gasteiger partial charge in [0.1, 0.15) is 5.82 Å².